The van der Waals surface area contributed by atoms with Crippen molar-refractivity contribution in [3.63, 3.8) is 0 Å². The Bertz CT molecular complexity index is 539. The Morgan fingerprint density at radius 2 is 2.05 bits per heavy atom. The number of carbonyl (C=O) groups is 2. The molecule has 0 saturated carbocycles. The van der Waals surface area contributed by atoms with Gasteiger partial charge in [-0.2, -0.15) is 0 Å². The Labute approximate surface area is 128 Å². The zero-order valence-electron chi connectivity index (χ0n) is 12.3. The van der Waals surface area contributed by atoms with Crippen LogP contribution in [-0.2, 0) is 9.53 Å². The standard InChI is InChI=1S/C14H18ClNO5/c1-14(2,3)21-13(19)16-10(7-17)9-5-8(15)6-11(20-4)12(9)18/h5-7,10,18H,1-4H3,(H,16,19). The summed E-state index contributed by atoms with van der Waals surface area (Å²) in [7, 11) is 1.35. The van der Waals surface area contributed by atoms with Gasteiger partial charge in [0.2, 0.25) is 0 Å². The lowest BCUT2D eigenvalue weighted by Gasteiger charge is -2.22. The lowest BCUT2D eigenvalue weighted by atomic mass is 10.1. The van der Waals surface area contributed by atoms with E-state index in [9.17, 15) is 14.7 Å². The van der Waals surface area contributed by atoms with Gasteiger partial charge in [-0.05, 0) is 26.8 Å². The van der Waals surface area contributed by atoms with Crippen molar-refractivity contribution in [2.45, 2.75) is 32.4 Å². The van der Waals surface area contributed by atoms with Gasteiger partial charge in [0, 0.05) is 16.7 Å². The summed E-state index contributed by atoms with van der Waals surface area (Å²) < 4.78 is 10.0. The van der Waals surface area contributed by atoms with Crippen molar-refractivity contribution in [2.24, 2.45) is 0 Å². The highest BCUT2D eigenvalue weighted by atomic mass is 35.5. The number of hydrogen-bond donors (Lipinski definition) is 2. The number of amides is 1. The maximum Gasteiger partial charge on any atom is 0.408 e. The average molecular weight is 316 g/mol. The van der Waals surface area contributed by atoms with E-state index in [1.165, 1.54) is 19.2 Å². The molecule has 0 aliphatic carbocycles. The molecule has 0 aliphatic rings. The Hall–Kier alpha value is -1.95. The third-order valence-corrected chi connectivity index (χ3v) is 2.65. The zero-order chi connectivity index (χ0) is 16.2. The Kier molecular flexibility index (Phi) is 5.43. The number of aldehydes is 1. The van der Waals surface area contributed by atoms with Gasteiger partial charge in [0.05, 0.1) is 7.11 Å². The van der Waals surface area contributed by atoms with Crippen molar-refractivity contribution in [1.82, 2.24) is 5.32 Å². The van der Waals surface area contributed by atoms with Crippen LogP contribution >= 0.6 is 11.6 Å². The first-order valence-electron chi connectivity index (χ1n) is 6.19. The average Bonchev–Trinajstić information content (AvgIpc) is 2.36. The molecule has 0 bridgehead atoms. The smallest absolute Gasteiger partial charge is 0.408 e. The third-order valence-electron chi connectivity index (χ3n) is 2.43. The molecule has 0 fully saturated rings. The Morgan fingerprint density at radius 1 is 1.43 bits per heavy atom. The molecule has 0 saturated heterocycles. The Morgan fingerprint density at radius 3 is 2.52 bits per heavy atom. The molecule has 1 amide bonds. The van der Waals surface area contributed by atoms with Crippen LogP contribution in [0.15, 0.2) is 12.1 Å². The number of methoxy groups -OCH3 is 1. The van der Waals surface area contributed by atoms with Crippen LogP contribution in [0.25, 0.3) is 0 Å². The summed E-state index contributed by atoms with van der Waals surface area (Å²) in [4.78, 5) is 22.9. The molecule has 0 aromatic heterocycles. The summed E-state index contributed by atoms with van der Waals surface area (Å²) in [6.07, 6.45) is -0.313. The highest BCUT2D eigenvalue weighted by Gasteiger charge is 2.23. The number of nitrogens with one attached hydrogen (secondary N) is 1. The molecular formula is C14H18ClNO5. The zero-order valence-corrected chi connectivity index (χ0v) is 13.0. The lowest BCUT2D eigenvalue weighted by molar-refractivity contribution is -0.109. The number of alkyl carbamates (subject to hydrolysis) is 1. The molecular weight excluding hydrogens is 298 g/mol. The van der Waals surface area contributed by atoms with Gasteiger partial charge in [0.25, 0.3) is 0 Å². The van der Waals surface area contributed by atoms with E-state index in [0.717, 1.165) is 0 Å². The number of halogens is 1. The summed E-state index contributed by atoms with van der Waals surface area (Å²) in [5.74, 6) is -0.162. The van der Waals surface area contributed by atoms with Crippen LogP contribution < -0.4 is 10.1 Å². The molecule has 2 N–H and O–H groups in total. The monoisotopic (exact) mass is 315 g/mol. The fourth-order valence-electron chi connectivity index (χ4n) is 1.61. The predicted octanol–water partition coefficient (Wildman–Crippen LogP) is 2.82. The molecule has 6 nitrogen and oxygen atoms in total. The van der Waals surface area contributed by atoms with Crippen molar-refractivity contribution in [3.8, 4) is 11.5 Å². The highest BCUT2D eigenvalue weighted by Crippen LogP contribution is 2.36. The SMILES string of the molecule is COc1cc(Cl)cc(C(C=O)NC(=O)OC(C)(C)C)c1O. The predicted molar refractivity (Wildman–Crippen MR) is 77.8 cm³/mol. The normalized spacial score (nSPS) is 12.4. The van der Waals surface area contributed by atoms with Gasteiger partial charge in [-0.15, -0.1) is 0 Å². The van der Waals surface area contributed by atoms with Crippen molar-refractivity contribution < 1.29 is 24.2 Å². The fraction of sp³-hybridized carbons (Fsp3) is 0.429. The molecule has 7 heteroatoms. The maximum atomic E-state index is 11.7. The van der Waals surface area contributed by atoms with Gasteiger partial charge in [-0.1, -0.05) is 11.6 Å². The molecule has 1 atom stereocenters. The summed E-state index contributed by atoms with van der Waals surface area (Å²) in [6, 6.07) is 1.67. The van der Waals surface area contributed by atoms with Crippen molar-refractivity contribution >= 4 is 24.0 Å². The van der Waals surface area contributed by atoms with Crippen LogP contribution in [0, 0.1) is 0 Å². The molecule has 1 unspecified atom stereocenters. The van der Waals surface area contributed by atoms with Gasteiger partial charge in [0.15, 0.2) is 11.5 Å². The third kappa shape index (κ3) is 4.82. The summed E-state index contributed by atoms with van der Waals surface area (Å²) in [5.41, 5.74) is -0.578. The first kappa shape index (κ1) is 17.1. The topological polar surface area (TPSA) is 84.9 Å². The minimum absolute atomic E-state index is 0.107. The molecule has 21 heavy (non-hydrogen) atoms. The van der Waals surface area contributed by atoms with Gasteiger partial charge in [-0.3, -0.25) is 0 Å². The van der Waals surface area contributed by atoms with Crippen LogP contribution in [-0.4, -0.2) is 30.2 Å². The van der Waals surface area contributed by atoms with Gasteiger partial charge in [0.1, 0.15) is 17.9 Å². The number of rotatable bonds is 4. The second kappa shape index (κ2) is 6.67. The second-order valence-electron chi connectivity index (χ2n) is 5.31. The van der Waals surface area contributed by atoms with Gasteiger partial charge in [-0.25, -0.2) is 4.79 Å². The van der Waals surface area contributed by atoms with E-state index >= 15 is 0 Å². The summed E-state index contributed by atoms with van der Waals surface area (Å²) in [5, 5.41) is 12.6. The number of benzene rings is 1. The second-order valence-corrected chi connectivity index (χ2v) is 5.74. The minimum atomic E-state index is -1.10. The molecule has 0 radical (unpaired) electrons. The number of carbonyl (C=O) groups excluding carboxylic acids is 2. The van der Waals surface area contributed by atoms with Crippen LogP contribution in [0.4, 0.5) is 4.79 Å². The van der Waals surface area contributed by atoms with E-state index in [4.69, 9.17) is 21.1 Å². The van der Waals surface area contributed by atoms with Crippen molar-refractivity contribution in [3.05, 3.63) is 22.7 Å². The molecule has 1 rings (SSSR count). The largest absolute Gasteiger partial charge is 0.504 e. The quantitative estimate of drug-likeness (QED) is 0.835. The number of aromatic hydroxyl groups is 1. The molecule has 116 valence electrons. The van der Waals surface area contributed by atoms with Gasteiger partial charge < -0.3 is 24.7 Å². The number of hydrogen-bond acceptors (Lipinski definition) is 5. The van der Waals surface area contributed by atoms with Crippen LogP contribution in [0.1, 0.15) is 32.4 Å². The number of phenolic OH excluding ortho intramolecular Hbond substituents is 1. The van der Waals surface area contributed by atoms with Crippen LogP contribution in [0.5, 0.6) is 11.5 Å². The summed E-state index contributed by atoms with van der Waals surface area (Å²) in [6.45, 7) is 5.09. The Balaban J connectivity index is 3.03. The first-order chi connectivity index (χ1) is 9.67. The van der Waals surface area contributed by atoms with E-state index in [2.05, 4.69) is 5.32 Å². The van der Waals surface area contributed by atoms with E-state index in [1.54, 1.807) is 20.8 Å². The van der Waals surface area contributed by atoms with Gasteiger partial charge >= 0.3 is 6.09 Å². The van der Waals surface area contributed by atoms with E-state index in [1.807, 2.05) is 0 Å². The number of phenols is 1. The molecule has 1 aromatic carbocycles. The van der Waals surface area contributed by atoms with Crippen LogP contribution in [0.2, 0.25) is 5.02 Å². The lowest BCUT2D eigenvalue weighted by Crippen LogP contribution is -2.35. The fourth-order valence-corrected chi connectivity index (χ4v) is 1.82. The maximum absolute atomic E-state index is 11.7. The highest BCUT2D eigenvalue weighted by molar-refractivity contribution is 6.30. The van der Waals surface area contributed by atoms with E-state index in [-0.39, 0.29) is 22.1 Å². The summed E-state index contributed by atoms with van der Waals surface area (Å²) >= 11 is 5.89. The van der Waals surface area contributed by atoms with Crippen LogP contribution in [0.3, 0.4) is 0 Å². The molecule has 0 aliphatic heterocycles. The molecule has 0 spiro atoms. The molecule has 0 heterocycles. The first-order valence-corrected chi connectivity index (χ1v) is 6.57. The van der Waals surface area contributed by atoms with Crippen molar-refractivity contribution in [2.75, 3.05) is 7.11 Å². The minimum Gasteiger partial charge on any atom is -0.504 e. The van der Waals surface area contributed by atoms with E-state index in [0.29, 0.717) is 6.29 Å². The molecule has 1 aromatic rings. The number of ether oxygens (including phenoxy) is 2. The van der Waals surface area contributed by atoms with Crippen molar-refractivity contribution in [1.29, 1.82) is 0 Å². The van der Waals surface area contributed by atoms with E-state index < -0.39 is 17.7 Å².